The molecule has 0 unspecified atom stereocenters. The summed E-state index contributed by atoms with van der Waals surface area (Å²) in [4.78, 5) is 6.53. The number of amidine groups is 1. The number of nitrogens with zero attached hydrogens (tertiary/aromatic N) is 2. The molecule has 3 N–H and O–H groups in total. The Labute approximate surface area is 177 Å². The fraction of sp³-hybridized carbons (Fsp3) is 0.500. The van der Waals surface area contributed by atoms with E-state index in [1.54, 1.807) is 7.11 Å². The van der Waals surface area contributed by atoms with Crippen LogP contribution in [0, 0.1) is 10.8 Å². The van der Waals surface area contributed by atoms with Crippen LogP contribution in [0.15, 0.2) is 30.3 Å². The molecular weight excluding hydrogens is 382 g/mol. The van der Waals surface area contributed by atoms with E-state index >= 15 is 0 Å². The van der Waals surface area contributed by atoms with Gasteiger partial charge in [0.25, 0.3) is 0 Å². The van der Waals surface area contributed by atoms with E-state index in [0.29, 0.717) is 16.6 Å². The molecule has 0 aliphatic carbocycles. The lowest BCUT2D eigenvalue weighted by molar-refractivity contribution is 0.114. The Kier molecular flexibility index (Phi) is 5.92. The highest BCUT2D eigenvalue weighted by molar-refractivity contribution is 8.26. The van der Waals surface area contributed by atoms with Crippen LogP contribution in [0.2, 0.25) is 0 Å². The van der Waals surface area contributed by atoms with Gasteiger partial charge < -0.3 is 15.0 Å². The number of methoxy groups -OCH3 is 1. The third-order valence-corrected chi connectivity index (χ3v) is 6.27. The number of aromatic nitrogens is 1. The van der Waals surface area contributed by atoms with Gasteiger partial charge in [-0.1, -0.05) is 18.2 Å². The average Bonchev–Trinajstić information content (AvgIpc) is 2.63. The second kappa shape index (κ2) is 7.95. The predicted octanol–water partition coefficient (Wildman–Crippen LogP) is 4.48. The maximum atomic E-state index is 8.63. The minimum atomic E-state index is 0.00458. The lowest BCUT2D eigenvalue weighted by Gasteiger charge is -2.49. The Bertz CT molecular complexity index is 924. The second-order valence-electron chi connectivity index (χ2n) is 9.04. The van der Waals surface area contributed by atoms with Gasteiger partial charge in [-0.3, -0.25) is 10.8 Å². The van der Waals surface area contributed by atoms with Crippen molar-refractivity contribution in [3.63, 3.8) is 0 Å². The van der Waals surface area contributed by atoms with Gasteiger partial charge in [-0.15, -0.1) is 0 Å². The molecule has 0 spiro atoms. The van der Waals surface area contributed by atoms with E-state index in [-0.39, 0.29) is 22.2 Å². The van der Waals surface area contributed by atoms with Gasteiger partial charge in [-0.05, 0) is 64.4 Å². The molecule has 2 heterocycles. The van der Waals surface area contributed by atoms with Gasteiger partial charge in [-0.25, -0.2) is 4.98 Å². The lowest BCUT2D eigenvalue weighted by atomic mass is 9.79. The fourth-order valence-corrected chi connectivity index (χ4v) is 5.09. The normalized spacial score (nSPS) is 18.4. The molecule has 1 aliphatic rings. The van der Waals surface area contributed by atoms with E-state index in [9.17, 15) is 0 Å². The highest BCUT2D eigenvalue weighted by atomic mass is 32.2. The SMILES string of the molecule is COc1nc2ccccc2cc1C(=N)SC(=N)N(C)C1CC(C)(C)NC(C)(C)C1. The van der Waals surface area contributed by atoms with Crippen molar-refractivity contribution in [1.29, 1.82) is 10.8 Å². The first-order valence-electron chi connectivity index (χ1n) is 9.83. The van der Waals surface area contributed by atoms with Crippen molar-refractivity contribution < 1.29 is 4.74 Å². The minimum Gasteiger partial charge on any atom is -0.480 e. The zero-order valence-electron chi connectivity index (χ0n) is 18.1. The van der Waals surface area contributed by atoms with Gasteiger partial charge in [0, 0.05) is 29.6 Å². The number of fused-ring (bicyclic) bond motifs is 1. The molecule has 1 fully saturated rings. The van der Waals surface area contributed by atoms with Crippen molar-refractivity contribution in [3.05, 3.63) is 35.9 Å². The molecule has 0 amide bonds. The van der Waals surface area contributed by atoms with Crippen LogP contribution in [0.1, 0.15) is 46.1 Å². The summed E-state index contributed by atoms with van der Waals surface area (Å²) in [6, 6.07) is 9.94. The molecule has 0 radical (unpaired) electrons. The van der Waals surface area contributed by atoms with Crippen molar-refractivity contribution in [2.45, 2.75) is 57.7 Å². The number of nitrogens with one attached hydrogen (secondary N) is 3. The van der Waals surface area contributed by atoms with Crippen LogP contribution in [-0.4, -0.2) is 51.4 Å². The van der Waals surface area contributed by atoms with Crippen molar-refractivity contribution in [3.8, 4) is 5.88 Å². The van der Waals surface area contributed by atoms with Crippen LogP contribution in [0.4, 0.5) is 0 Å². The second-order valence-corrected chi connectivity index (χ2v) is 10.0. The molecule has 0 atom stereocenters. The van der Waals surface area contributed by atoms with Crippen molar-refractivity contribution in [2.75, 3.05) is 14.2 Å². The van der Waals surface area contributed by atoms with Gasteiger partial charge in [0.2, 0.25) is 5.88 Å². The molecule has 6 nitrogen and oxygen atoms in total. The van der Waals surface area contributed by atoms with Crippen LogP contribution >= 0.6 is 11.8 Å². The minimum absolute atomic E-state index is 0.00458. The maximum absolute atomic E-state index is 8.63. The molecule has 0 saturated carbocycles. The smallest absolute Gasteiger partial charge is 0.223 e. The summed E-state index contributed by atoms with van der Waals surface area (Å²) in [7, 11) is 3.52. The summed E-state index contributed by atoms with van der Waals surface area (Å²) in [5.41, 5.74) is 1.45. The zero-order valence-corrected chi connectivity index (χ0v) is 18.9. The Hall–Kier alpha value is -2.12. The molecule has 7 heteroatoms. The van der Waals surface area contributed by atoms with E-state index in [1.807, 2.05) is 42.3 Å². The summed E-state index contributed by atoms with van der Waals surface area (Å²) in [6.07, 6.45) is 1.90. The van der Waals surface area contributed by atoms with Gasteiger partial charge >= 0.3 is 0 Å². The summed E-state index contributed by atoms with van der Waals surface area (Å²) in [6.45, 7) is 8.83. The summed E-state index contributed by atoms with van der Waals surface area (Å²) < 4.78 is 5.43. The van der Waals surface area contributed by atoms with E-state index in [4.69, 9.17) is 15.6 Å². The Balaban J connectivity index is 1.78. The molecular formula is C22H31N5OS. The summed E-state index contributed by atoms with van der Waals surface area (Å²) >= 11 is 1.14. The number of pyridine rings is 1. The van der Waals surface area contributed by atoms with Gasteiger partial charge in [0.15, 0.2) is 5.17 Å². The van der Waals surface area contributed by atoms with Crippen LogP contribution in [-0.2, 0) is 0 Å². The molecule has 1 saturated heterocycles. The quantitative estimate of drug-likeness (QED) is 0.510. The fourth-order valence-electron chi connectivity index (χ4n) is 4.35. The van der Waals surface area contributed by atoms with Crippen LogP contribution in [0.5, 0.6) is 5.88 Å². The molecule has 1 aromatic carbocycles. The summed E-state index contributed by atoms with van der Waals surface area (Å²) in [5.74, 6) is 0.417. The number of piperidine rings is 1. The number of ether oxygens (including phenoxy) is 1. The van der Waals surface area contributed by atoms with Gasteiger partial charge in [-0.2, -0.15) is 0 Å². The van der Waals surface area contributed by atoms with Crippen molar-refractivity contribution in [1.82, 2.24) is 15.2 Å². The number of hydrogen-bond acceptors (Lipinski definition) is 6. The molecule has 29 heavy (non-hydrogen) atoms. The van der Waals surface area contributed by atoms with E-state index in [0.717, 1.165) is 35.5 Å². The number of para-hydroxylation sites is 1. The molecule has 2 aromatic rings. The van der Waals surface area contributed by atoms with Gasteiger partial charge in [0.05, 0.1) is 18.2 Å². The first-order chi connectivity index (χ1) is 13.5. The molecule has 3 rings (SSSR count). The predicted molar refractivity (Wildman–Crippen MR) is 123 cm³/mol. The highest BCUT2D eigenvalue weighted by Crippen LogP contribution is 2.33. The highest BCUT2D eigenvalue weighted by Gasteiger charge is 2.39. The zero-order chi connectivity index (χ0) is 21.4. The van der Waals surface area contributed by atoms with E-state index in [1.165, 1.54) is 0 Å². The van der Waals surface area contributed by atoms with Crippen molar-refractivity contribution >= 4 is 32.9 Å². The molecule has 1 aromatic heterocycles. The largest absolute Gasteiger partial charge is 0.480 e. The molecule has 156 valence electrons. The van der Waals surface area contributed by atoms with Crippen LogP contribution in [0.3, 0.4) is 0 Å². The first-order valence-corrected chi connectivity index (χ1v) is 10.6. The van der Waals surface area contributed by atoms with Crippen LogP contribution < -0.4 is 10.1 Å². The lowest BCUT2D eigenvalue weighted by Crippen LogP contribution is -2.62. The Morgan fingerprint density at radius 2 is 1.79 bits per heavy atom. The van der Waals surface area contributed by atoms with Crippen molar-refractivity contribution in [2.24, 2.45) is 0 Å². The third kappa shape index (κ3) is 4.90. The number of benzene rings is 1. The third-order valence-electron chi connectivity index (χ3n) is 5.36. The first kappa shape index (κ1) is 21.6. The van der Waals surface area contributed by atoms with Crippen LogP contribution in [0.25, 0.3) is 10.9 Å². The number of hydrogen-bond donors (Lipinski definition) is 3. The topological polar surface area (TPSA) is 85.1 Å². The standard InChI is InChI=1S/C22H31N5OS/c1-21(2)12-15(13-22(3,4)26-21)27(5)20(24)29-18(23)16-11-14-9-7-8-10-17(14)25-19(16)28-6/h7-11,15,23-24,26H,12-13H2,1-6H3. The molecule has 1 aliphatic heterocycles. The average molecular weight is 414 g/mol. The maximum Gasteiger partial charge on any atom is 0.223 e. The van der Waals surface area contributed by atoms with E-state index in [2.05, 4.69) is 38.0 Å². The Morgan fingerprint density at radius 3 is 2.41 bits per heavy atom. The van der Waals surface area contributed by atoms with E-state index < -0.39 is 0 Å². The van der Waals surface area contributed by atoms with Gasteiger partial charge in [0.1, 0.15) is 5.04 Å². The number of rotatable bonds is 3. The number of thioether (sulfide) groups is 1. The molecule has 0 bridgehead atoms. The Morgan fingerprint density at radius 1 is 1.17 bits per heavy atom. The monoisotopic (exact) mass is 413 g/mol. The summed E-state index contributed by atoms with van der Waals surface area (Å²) in [5, 5.41) is 22.5.